The fourth-order valence-electron chi connectivity index (χ4n) is 6.05. The number of aliphatic hydroxyl groups excluding tert-OH is 2. The average Bonchev–Trinajstić information content (AvgIpc) is 2.98. The van der Waals surface area contributed by atoms with Gasteiger partial charge in [-0.2, -0.15) is 0 Å². The summed E-state index contributed by atoms with van der Waals surface area (Å²) in [7, 11) is 0. The first-order valence-corrected chi connectivity index (χ1v) is 16.5. The summed E-state index contributed by atoms with van der Waals surface area (Å²) in [4.78, 5) is 45.5. The van der Waals surface area contributed by atoms with Crippen LogP contribution in [0.4, 0.5) is 0 Å². The summed E-state index contributed by atoms with van der Waals surface area (Å²) in [6, 6.07) is -3.71. The molecule has 0 bridgehead atoms. The third-order valence-corrected chi connectivity index (χ3v) is 9.37. The minimum Gasteiger partial charge on any atom is -0.544 e. The molecule has 260 valence electrons. The largest absolute Gasteiger partial charge is 2.00 e. The van der Waals surface area contributed by atoms with E-state index in [2.05, 4.69) is 13.8 Å². The zero-order valence-electron chi connectivity index (χ0n) is 28.9. The molecule has 4 N–H and O–H groups in total. The molecule has 0 aliphatic rings. The SMILES string of the molecule is CCCCCCCC[N+](CCO)(C(C)C(=O)[O-])C(C)C(=O)O.CCCCCCCC[N+](CCO)(C(C)C(=O)[O-])C(C)C(=O)O.[Ca+2]. The molecule has 0 saturated heterocycles. The molecule has 0 radical (unpaired) electrons. The number of carboxylic acid groups (broad SMARTS) is 4. The van der Waals surface area contributed by atoms with E-state index in [0.717, 1.165) is 64.2 Å². The molecule has 0 aromatic carbocycles. The summed E-state index contributed by atoms with van der Waals surface area (Å²) in [5.74, 6) is -4.64. The van der Waals surface area contributed by atoms with E-state index in [1.54, 1.807) is 0 Å². The quantitative estimate of drug-likeness (QED) is 0.0587. The van der Waals surface area contributed by atoms with Crippen molar-refractivity contribution in [1.82, 2.24) is 0 Å². The van der Waals surface area contributed by atoms with Gasteiger partial charge in [-0.15, -0.1) is 0 Å². The topological polar surface area (TPSA) is 195 Å². The van der Waals surface area contributed by atoms with Crippen molar-refractivity contribution in [2.45, 2.75) is 143 Å². The van der Waals surface area contributed by atoms with Gasteiger partial charge in [0.1, 0.15) is 25.2 Å². The van der Waals surface area contributed by atoms with Crippen molar-refractivity contribution in [3.63, 3.8) is 0 Å². The molecule has 0 spiro atoms. The van der Waals surface area contributed by atoms with Gasteiger partial charge in [-0.05, 0) is 53.4 Å². The molecular weight excluding hydrogens is 612 g/mol. The third kappa shape index (κ3) is 17.1. The van der Waals surface area contributed by atoms with E-state index in [0.29, 0.717) is 13.1 Å². The number of carbonyl (C=O) groups excluding carboxylic acids is 2. The van der Waals surface area contributed by atoms with Crippen molar-refractivity contribution >= 4 is 61.6 Å². The van der Waals surface area contributed by atoms with Crippen molar-refractivity contribution in [2.75, 3.05) is 39.4 Å². The van der Waals surface area contributed by atoms with Crippen molar-refractivity contribution in [2.24, 2.45) is 0 Å². The monoisotopic (exact) mass is 674 g/mol. The number of hydrogen-bond acceptors (Lipinski definition) is 8. The van der Waals surface area contributed by atoms with Crippen molar-refractivity contribution in [1.29, 1.82) is 0 Å². The molecule has 0 saturated carbocycles. The van der Waals surface area contributed by atoms with Crippen LogP contribution < -0.4 is 10.2 Å². The summed E-state index contributed by atoms with van der Waals surface area (Å²) >= 11 is 0. The number of nitrogens with zero attached hydrogens (tertiary/aromatic N) is 2. The van der Waals surface area contributed by atoms with Crippen LogP contribution in [0.5, 0.6) is 0 Å². The van der Waals surface area contributed by atoms with Gasteiger partial charge in [0.05, 0.1) is 38.2 Å². The summed E-state index contributed by atoms with van der Waals surface area (Å²) in [6.07, 6.45) is 12.5. The van der Waals surface area contributed by atoms with Gasteiger partial charge < -0.3 is 49.2 Å². The maximum Gasteiger partial charge on any atom is 2.00 e. The van der Waals surface area contributed by atoms with Gasteiger partial charge in [-0.25, -0.2) is 9.59 Å². The molecule has 6 atom stereocenters. The number of unbranched alkanes of at least 4 members (excludes halogenated alkanes) is 10. The van der Waals surface area contributed by atoms with E-state index in [4.69, 9.17) is 0 Å². The first-order valence-electron chi connectivity index (χ1n) is 16.5. The number of quaternary nitrogens is 2. The summed E-state index contributed by atoms with van der Waals surface area (Å²) in [6.45, 7) is 10.8. The predicted octanol–water partition coefficient (Wildman–Crippen LogP) is 1.15. The predicted molar refractivity (Wildman–Crippen MR) is 170 cm³/mol. The fourth-order valence-corrected chi connectivity index (χ4v) is 6.05. The van der Waals surface area contributed by atoms with Crippen LogP contribution in [-0.2, 0) is 19.2 Å². The van der Waals surface area contributed by atoms with Crippen LogP contribution in [0.3, 0.4) is 0 Å². The molecule has 0 aliphatic heterocycles. The molecule has 0 amide bonds. The number of hydrogen-bond donors (Lipinski definition) is 4. The average molecular weight is 675 g/mol. The number of aliphatic hydroxyl groups is 2. The van der Waals surface area contributed by atoms with Gasteiger partial charge >= 0.3 is 49.7 Å². The molecule has 12 nitrogen and oxygen atoms in total. The van der Waals surface area contributed by atoms with Gasteiger partial charge in [0.2, 0.25) is 0 Å². The van der Waals surface area contributed by atoms with Crippen LogP contribution in [0.2, 0.25) is 0 Å². The van der Waals surface area contributed by atoms with Gasteiger partial charge in [0, 0.05) is 0 Å². The van der Waals surface area contributed by atoms with Gasteiger partial charge in [0.25, 0.3) is 0 Å². The molecular formula is C32H62CaN2O10+2. The van der Waals surface area contributed by atoms with E-state index >= 15 is 0 Å². The molecule has 45 heavy (non-hydrogen) atoms. The molecule has 0 aromatic rings. The normalized spacial score (nSPS) is 16.4. The van der Waals surface area contributed by atoms with E-state index < -0.39 is 48.0 Å². The van der Waals surface area contributed by atoms with Crippen molar-refractivity contribution in [3.05, 3.63) is 0 Å². The van der Waals surface area contributed by atoms with E-state index in [9.17, 15) is 49.8 Å². The summed E-state index contributed by atoms with van der Waals surface area (Å²) in [5, 5.41) is 59.9. The van der Waals surface area contributed by atoms with Crippen LogP contribution in [0.25, 0.3) is 0 Å². The minimum absolute atomic E-state index is 0. The van der Waals surface area contributed by atoms with Crippen LogP contribution in [0.1, 0.15) is 119 Å². The van der Waals surface area contributed by atoms with Crippen LogP contribution in [-0.4, -0.2) is 155 Å². The second-order valence-corrected chi connectivity index (χ2v) is 12.1. The Kier molecular flexibility index (Phi) is 29.0. The maximum atomic E-state index is 11.4. The number of carboxylic acids is 4. The maximum absolute atomic E-state index is 11.4. The van der Waals surface area contributed by atoms with Gasteiger partial charge in [0.15, 0.2) is 12.1 Å². The molecule has 13 heteroatoms. The first-order chi connectivity index (χ1) is 20.7. The van der Waals surface area contributed by atoms with Crippen LogP contribution in [0, 0.1) is 0 Å². The van der Waals surface area contributed by atoms with Crippen LogP contribution in [0.15, 0.2) is 0 Å². The fraction of sp³-hybridized carbons (Fsp3) is 0.875. The zero-order valence-corrected chi connectivity index (χ0v) is 31.1. The van der Waals surface area contributed by atoms with Crippen LogP contribution >= 0.6 is 0 Å². The molecule has 0 fully saturated rings. The Bertz CT molecular complexity index is 724. The molecule has 0 aromatic heterocycles. The molecule has 0 rings (SSSR count). The Labute approximate surface area is 301 Å². The van der Waals surface area contributed by atoms with E-state index in [1.807, 2.05) is 0 Å². The Morgan fingerprint density at radius 2 is 0.778 bits per heavy atom. The number of carbonyl (C=O) groups is 4. The Balaban J connectivity index is -0.000000767. The van der Waals surface area contributed by atoms with Gasteiger partial charge in [-0.3, -0.25) is 0 Å². The Morgan fingerprint density at radius 1 is 0.511 bits per heavy atom. The molecule has 0 heterocycles. The second kappa shape index (κ2) is 27.0. The molecule has 6 unspecified atom stereocenters. The Hall–Kier alpha value is -1.02. The van der Waals surface area contributed by atoms with Crippen molar-refractivity contribution < 1.29 is 58.8 Å². The number of rotatable bonds is 26. The third-order valence-electron chi connectivity index (χ3n) is 9.37. The van der Waals surface area contributed by atoms with Gasteiger partial charge in [-0.1, -0.05) is 65.2 Å². The second-order valence-electron chi connectivity index (χ2n) is 12.1. The first kappa shape index (κ1) is 48.4. The minimum atomic E-state index is -1.27. The standard InChI is InChI=1S/2C16H31NO5.Ca/c2*1-4-5-6-7-8-9-10-17(11-12-18,13(2)15(19)20)14(3)16(21)22;/h2*13-14,18H,4-12H2,1-3H3,(H-,19,20,21,22);/q;;+2. The summed E-state index contributed by atoms with van der Waals surface area (Å²) in [5.41, 5.74) is 0. The Morgan fingerprint density at radius 3 is 1.00 bits per heavy atom. The summed E-state index contributed by atoms with van der Waals surface area (Å²) < 4.78 is -0.329. The van der Waals surface area contributed by atoms with E-state index in [-0.39, 0.29) is 73.0 Å². The van der Waals surface area contributed by atoms with Crippen molar-refractivity contribution in [3.8, 4) is 0 Å². The smallest absolute Gasteiger partial charge is 0.544 e. The zero-order chi connectivity index (χ0) is 34.3. The number of aliphatic carboxylic acids is 4. The molecule has 0 aliphatic carbocycles. The van der Waals surface area contributed by atoms with E-state index in [1.165, 1.54) is 40.5 Å².